The van der Waals surface area contributed by atoms with Crippen LogP contribution >= 0.6 is 0 Å². The number of hydrogen-bond donors (Lipinski definition) is 1. The van der Waals surface area contributed by atoms with Crippen molar-refractivity contribution in [2.75, 3.05) is 7.05 Å². The maximum absolute atomic E-state index is 12.8. The fraction of sp³-hybridized carbons (Fsp3) is 0.625. The molecule has 0 spiro atoms. The summed E-state index contributed by atoms with van der Waals surface area (Å²) in [4.78, 5) is 2.36. The van der Waals surface area contributed by atoms with Gasteiger partial charge in [0.25, 0.3) is 0 Å². The Labute approximate surface area is 122 Å². The highest BCUT2D eigenvalue weighted by Crippen LogP contribution is 2.43. The molecule has 0 amide bonds. The fourth-order valence-corrected chi connectivity index (χ4v) is 3.88. The van der Waals surface area contributed by atoms with E-state index in [4.69, 9.17) is 0 Å². The highest BCUT2D eigenvalue weighted by molar-refractivity contribution is 5.27. The van der Waals surface area contributed by atoms with Gasteiger partial charge in [0, 0.05) is 12.1 Å². The predicted molar refractivity (Wildman–Crippen MR) is 73.7 cm³/mol. The Morgan fingerprint density at radius 3 is 2.38 bits per heavy atom. The maximum Gasteiger partial charge on any atom is 0.416 e. The molecule has 116 valence electrons. The minimum atomic E-state index is -4.36. The van der Waals surface area contributed by atoms with Gasteiger partial charge in [-0.1, -0.05) is 12.1 Å². The van der Waals surface area contributed by atoms with Gasteiger partial charge in [-0.05, 0) is 56.3 Å². The largest absolute Gasteiger partial charge is 0.416 e. The van der Waals surface area contributed by atoms with Gasteiger partial charge in [-0.15, -0.1) is 0 Å². The van der Waals surface area contributed by atoms with E-state index in [2.05, 4.69) is 11.9 Å². The number of nitrogens with zero attached hydrogens (tertiary/aromatic N) is 1. The zero-order chi connectivity index (χ0) is 15.2. The third-order valence-corrected chi connectivity index (χ3v) is 5.14. The van der Waals surface area contributed by atoms with E-state index in [1.54, 1.807) is 6.07 Å². The summed E-state index contributed by atoms with van der Waals surface area (Å²) in [5.41, 5.74) is -0.297. The number of aliphatic hydroxyl groups excluding tert-OH is 1. The molecule has 1 aromatic rings. The normalized spacial score (nSPS) is 31.4. The van der Waals surface area contributed by atoms with Crippen molar-refractivity contribution in [1.82, 2.24) is 4.90 Å². The lowest BCUT2D eigenvalue weighted by Gasteiger charge is -2.38. The predicted octanol–water partition coefficient (Wildman–Crippen LogP) is 3.61. The molecule has 2 aliphatic rings. The number of alkyl halides is 3. The van der Waals surface area contributed by atoms with Gasteiger partial charge < -0.3 is 10.0 Å². The summed E-state index contributed by atoms with van der Waals surface area (Å²) in [6.07, 6.45) is -1.17. The van der Waals surface area contributed by atoms with E-state index in [9.17, 15) is 18.3 Å². The summed E-state index contributed by atoms with van der Waals surface area (Å²) >= 11 is 0. The Hall–Kier alpha value is -1.07. The van der Waals surface area contributed by atoms with Crippen molar-refractivity contribution in [2.24, 2.45) is 5.92 Å². The molecular formula is C16H20F3NO. The van der Waals surface area contributed by atoms with Crippen LogP contribution in [0.15, 0.2) is 24.3 Å². The molecule has 2 bridgehead atoms. The molecule has 1 N–H and O–H groups in total. The molecule has 5 heteroatoms. The number of halogens is 3. The second-order valence-electron chi connectivity index (χ2n) is 6.35. The molecule has 0 saturated carbocycles. The Kier molecular flexibility index (Phi) is 3.74. The third-order valence-electron chi connectivity index (χ3n) is 5.14. The van der Waals surface area contributed by atoms with Crippen LogP contribution in [0.3, 0.4) is 0 Å². The van der Waals surface area contributed by atoms with E-state index in [-0.39, 0.29) is 5.92 Å². The molecule has 3 unspecified atom stereocenters. The fourth-order valence-electron chi connectivity index (χ4n) is 3.88. The maximum atomic E-state index is 12.8. The van der Waals surface area contributed by atoms with E-state index < -0.39 is 17.8 Å². The molecule has 3 rings (SSSR count). The number of aliphatic hydroxyl groups is 1. The van der Waals surface area contributed by atoms with Crippen LogP contribution in [0.4, 0.5) is 13.2 Å². The van der Waals surface area contributed by atoms with Crippen molar-refractivity contribution in [3.63, 3.8) is 0 Å². The van der Waals surface area contributed by atoms with Crippen LogP contribution in [-0.4, -0.2) is 29.1 Å². The smallest absolute Gasteiger partial charge is 0.388 e. The minimum Gasteiger partial charge on any atom is -0.388 e. The third kappa shape index (κ3) is 2.81. The van der Waals surface area contributed by atoms with Gasteiger partial charge in [0.2, 0.25) is 0 Å². The quantitative estimate of drug-likeness (QED) is 0.901. The Morgan fingerprint density at radius 1 is 1.19 bits per heavy atom. The highest BCUT2D eigenvalue weighted by atomic mass is 19.4. The summed E-state index contributed by atoms with van der Waals surface area (Å²) < 4.78 is 38.3. The van der Waals surface area contributed by atoms with Crippen molar-refractivity contribution >= 4 is 0 Å². The van der Waals surface area contributed by atoms with E-state index >= 15 is 0 Å². The van der Waals surface area contributed by atoms with Crippen molar-refractivity contribution in [2.45, 2.75) is 50.0 Å². The number of fused-ring (bicyclic) bond motifs is 2. The SMILES string of the molecule is CN1C2CCC1CC(C(O)c1cccc(C(F)(F)F)c1)C2. The summed E-state index contributed by atoms with van der Waals surface area (Å²) in [6, 6.07) is 6.05. The average Bonchev–Trinajstić information content (AvgIpc) is 2.66. The van der Waals surface area contributed by atoms with E-state index in [1.807, 2.05) is 0 Å². The summed E-state index contributed by atoms with van der Waals surface area (Å²) in [7, 11) is 2.11. The highest BCUT2D eigenvalue weighted by Gasteiger charge is 2.41. The van der Waals surface area contributed by atoms with Gasteiger partial charge >= 0.3 is 6.18 Å². The van der Waals surface area contributed by atoms with E-state index in [0.29, 0.717) is 17.6 Å². The molecule has 2 heterocycles. The first-order valence-electron chi connectivity index (χ1n) is 7.43. The molecule has 1 aromatic carbocycles. The van der Waals surface area contributed by atoms with Gasteiger partial charge in [0.1, 0.15) is 0 Å². The second-order valence-corrected chi connectivity index (χ2v) is 6.35. The van der Waals surface area contributed by atoms with Crippen molar-refractivity contribution in [1.29, 1.82) is 0 Å². The van der Waals surface area contributed by atoms with Crippen LogP contribution in [0, 0.1) is 5.92 Å². The number of benzene rings is 1. The zero-order valence-corrected chi connectivity index (χ0v) is 12.0. The first-order valence-corrected chi connectivity index (χ1v) is 7.43. The molecule has 3 atom stereocenters. The van der Waals surface area contributed by atoms with Crippen molar-refractivity contribution < 1.29 is 18.3 Å². The molecule has 0 aromatic heterocycles. The Balaban J connectivity index is 1.78. The van der Waals surface area contributed by atoms with E-state index in [0.717, 1.165) is 37.8 Å². The van der Waals surface area contributed by atoms with Crippen LogP contribution in [-0.2, 0) is 6.18 Å². The molecular weight excluding hydrogens is 279 g/mol. The van der Waals surface area contributed by atoms with Crippen LogP contribution < -0.4 is 0 Å². The van der Waals surface area contributed by atoms with Gasteiger partial charge in [0.05, 0.1) is 11.7 Å². The molecule has 0 aliphatic carbocycles. The van der Waals surface area contributed by atoms with Gasteiger partial charge in [-0.25, -0.2) is 0 Å². The lowest BCUT2D eigenvalue weighted by molar-refractivity contribution is -0.137. The van der Waals surface area contributed by atoms with Crippen LogP contribution in [0.2, 0.25) is 0 Å². The Bertz CT molecular complexity index is 502. The summed E-state index contributed by atoms with van der Waals surface area (Å²) in [6.45, 7) is 0. The monoisotopic (exact) mass is 299 g/mol. The standard InChI is InChI=1S/C16H20F3NO/c1-20-13-5-6-14(20)9-11(8-13)15(21)10-3-2-4-12(7-10)16(17,18)19/h2-4,7,11,13-15,21H,5-6,8-9H2,1H3. The molecule has 2 aliphatic heterocycles. The minimum absolute atomic E-state index is 0.0576. The molecule has 2 nitrogen and oxygen atoms in total. The molecule has 2 fully saturated rings. The lowest BCUT2D eigenvalue weighted by Crippen LogP contribution is -2.41. The van der Waals surface area contributed by atoms with Crippen LogP contribution in [0.1, 0.15) is 42.9 Å². The molecule has 21 heavy (non-hydrogen) atoms. The van der Waals surface area contributed by atoms with E-state index in [1.165, 1.54) is 6.07 Å². The summed E-state index contributed by atoms with van der Waals surface area (Å²) in [5.74, 6) is 0.0576. The van der Waals surface area contributed by atoms with Crippen molar-refractivity contribution in [3.8, 4) is 0 Å². The number of piperidine rings is 1. The number of hydrogen-bond acceptors (Lipinski definition) is 2. The zero-order valence-electron chi connectivity index (χ0n) is 12.0. The van der Waals surface area contributed by atoms with Crippen LogP contribution in [0.25, 0.3) is 0 Å². The Morgan fingerprint density at radius 2 is 1.81 bits per heavy atom. The van der Waals surface area contributed by atoms with Gasteiger partial charge in [-0.2, -0.15) is 13.2 Å². The number of rotatable bonds is 2. The van der Waals surface area contributed by atoms with Gasteiger partial charge in [0.15, 0.2) is 0 Å². The average molecular weight is 299 g/mol. The molecule has 0 radical (unpaired) electrons. The van der Waals surface area contributed by atoms with Crippen LogP contribution in [0.5, 0.6) is 0 Å². The first-order chi connectivity index (χ1) is 9.86. The first kappa shape index (κ1) is 14.9. The lowest BCUT2D eigenvalue weighted by atomic mass is 9.83. The topological polar surface area (TPSA) is 23.5 Å². The second kappa shape index (κ2) is 5.29. The van der Waals surface area contributed by atoms with Gasteiger partial charge in [-0.3, -0.25) is 0 Å². The van der Waals surface area contributed by atoms with Crippen molar-refractivity contribution in [3.05, 3.63) is 35.4 Å². The molecule has 2 saturated heterocycles. The summed E-state index contributed by atoms with van der Waals surface area (Å²) in [5, 5.41) is 10.5.